The third-order valence-electron chi connectivity index (χ3n) is 3.55. The van der Waals surface area contributed by atoms with Gasteiger partial charge in [0.2, 0.25) is 0 Å². The van der Waals surface area contributed by atoms with Crippen LogP contribution in [0, 0.1) is 0 Å². The van der Waals surface area contributed by atoms with Gasteiger partial charge in [0.25, 0.3) is 11.8 Å². The monoisotopic (exact) mass is 241 g/mol. The fourth-order valence-electron chi connectivity index (χ4n) is 2.40. The van der Waals surface area contributed by atoms with Crippen molar-refractivity contribution in [3.8, 4) is 0 Å². The molecule has 2 heterocycles. The minimum Gasteiger partial charge on any atom is -0.305 e. The second-order valence-electron chi connectivity index (χ2n) is 4.56. The molecule has 3 rings (SSSR count). The number of benzene rings is 1. The quantitative estimate of drug-likeness (QED) is 0.489. The lowest BCUT2D eigenvalue weighted by Crippen LogP contribution is -2.25. The number of carbonyl (C=O) groups is 4. The minimum atomic E-state index is -0.717. The molecule has 88 valence electrons. The summed E-state index contributed by atoms with van der Waals surface area (Å²) in [4.78, 5) is 48.2. The van der Waals surface area contributed by atoms with Crippen molar-refractivity contribution in [2.45, 2.75) is 6.82 Å². The second kappa shape index (κ2) is 3.16. The number of fused-ring (bicyclic) bond motifs is 2. The zero-order valence-electron chi connectivity index (χ0n) is 9.81. The summed E-state index contributed by atoms with van der Waals surface area (Å²) in [7, 11) is 1.38. The average molecular weight is 241 g/mol. The van der Waals surface area contributed by atoms with Crippen LogP contribution in [0.4, 0.5) is 0 Å². The van der Waals surface area contributed by atoms with E-state index in [9.17, 15) is 19.2 Å². The first-order valence-electron chi connectivity index (χ1n) is 5.52. The van der Waals surface area contributed by atoms with Gasteiger partial charge in [-0.2, -0.15) is 0 Å². The van der Waals surface area contributed by atoms with Gasteiger partial charge < -0.3 is 9.59 Å². The van der Waals surface area contributed by atoms with Crippen LogP contribution in [0.2, 0.25) is 6.82 Å². The maximum Gasteiger partial charge on any atom is 0.311 e. The normalized spacial score (nSPS) is 17.7. The minimum absolute atomic E-state index is 0.205. The molecule has 0 aliphatic carbocycles. The van der Waals surface area contributed by atoms with Crippen LogP contribution in [0.3, 0.4) is 0 Å². The first-order valence-corrected chi connectivity index (χ1v) is 5.52. The van der Waals surface area contributed by atoms with E-state index in [1.54, 1.807) is 0 Å². The highest BCUT2D eigenvalue weighted by atomic mass is 16.2. The molecule has 5 nitrogen and oxygen atoms in total. The second-order valence-corrected chi connectivity index (χ2v) is 4.56. The Morgan fingerprint density at radius 3 is 1.61 bits per heavy atom. The third-order valence-corrected chi connectivity index (χ3v) is 3.55. The van der Waals surface area contributed by atoms with Crippen molar-refractivity contribution in [3.63, 3.8) is 0 Å². The van der Waals surface area contributed by atoms with E-state index in [-0.39, 0.29) is 33.6 Å². The van der Waals surface area contributed by atoms with Crippen LogP contribution in [0.1, 0.15) is 41.4 Å². The van der Waals surface area contributed by atoms with E-state index in [1.165, 1.54) is 26.0 Å². The van der Waals surface area contributed by atoms with Crippen LogP contribution in [0.5, 0.6) is 0 Å². The summed E-state index contributed by atoms with van der Waals surface area (Å²) in [6.07, 6.45) is 0. The highest BCUT2D eigenvalue weighted by Crippen LogP contribution is 2.30. The van der Waals surface area contributed by atoms with E-state index in [2.05, 4.69) is 0 Å². The fourth-order valence-corrected chi connectivity index (χ4v) is 2.40. The largest absolute Gasteiger partial charge is 0.311 e. The Bertz CT molecular complexity index is 556. The van der Waals surface area contributed by atoms with Crippen LogP contribution in [0.15, 0.2) is 12.1 Å². The lowest BCUT2D eigenvalue weighted by molar-refractivity contribution is 0.0693. The predicted molar refractivity (Wildman–Crippen MR) is 63.1 cm³/mol. The third kappa shape index (κ3) is 1.07. The highest BCUT2D eigenvalue weighted by molar-refractivity contribution is 7.16. The smallest absolute Gasteiger partial charge is 0.305 e. The van der Waals surface area contributed by atoms with Crippen LogP contribution < -0.4 is 0 Å². The van der Waals surface area contributed by atoms with Gasteiger partial charge >= 0.3 is 6.71 Å². The first kappa shape index (κ1) is 10.9. The summed E-state index contributed by atoms with van der Waals surface area (Å²) < 4.78 is 0. The highest BCUT2D eigenvalue weighted by Gasteiger charge is 2.42. The lowest BCUT2D eigenvalue weighted by atomic mass is 9.48. The van der Waals surface area contributed by atoms with Gasteiger partial charge in [0, 0.05) is 18.2 Å². The van der Waals surface area contributed by atoms with Crippen LogP contribution in [-0.4, -0.2) is 41.8 Å². The molecule has 1 aromatic rings. The number of rotatable bonds is 0. The Morgan fingerprint density at radius 2 is 1.22 bits per heavy atom. The molecule has 2 amide bonds. The van der Waals surface area contributed by atoms with Crippen LogP contribution >= 0.6 is 0 Å². The summed E-state index contributed by atoms with van der Waals surface area (Å²) in [5, 5.41) is 0. The molecule has 0 saturated heterocycles. The number of hydrogen-bond donors (Lipinski definition) is 0. The number of amides is 2. The number of imide groups is 1. The summed E-state index contributed by atoms with van der Waals surface area (Å²) in [5.74, 6) is -0.866. The molecule has 0 radical (unpaired) electrons. The Kier molecular flexibility index (Phi) is 1.91. The molecule has 0 atom stereocenters. The SMILES string of the molecule is CB1C(=O)c2cc3c(cc2C1=O)C(=O)N(C)C3=O. The zero-order chi connectivity index (χ0) is 13.2. The van der Waals surface area contributed by atoms with Gasteiger partial charge in [0.15, 0.2) is 0 Å². The van der Waals surface area contributed by atoms with Crippen molar-refractivity contribution in [1.82, 2.24) is 4.90 Å². The van der Waals surface area contributed by atoms with Crippen molar-refractivity contribution in [2.75, 3.05) is 7.05 Å². The van der Waals surface area contributed by atoms with Gasteiger partial charge in [0.1, 0.15) is 11.4 Å². The van der Waals surface area contributed by atoms with Crippen LogP contribution in [-0.2, 0) is 0 Å². The van der Waals surface area contributed by atoms with Crippen molar-refractivity contribution < 1.29 is 19.2 Å². The molecule has 2 aliphatic heterocycles. The number of nitrogens with zero attached hydrogens (tertiary/aromatic N) is 1. The van der Waals surface area contributed by atoms with E-state index in [0.29, 0.717) is 0 Å². The van der Waals surface area contributed by atoms with E-state index >= 15 is 0 Å². The molecule has 0 fully saturated rings. The predicted octanol–water partition coefficient (Wildman–Crippen LogP) is 0.494. The van der Waals surface area contributed by atoms with Crippen LogP contribution in [0.25, 0.3) is 0 Å². The molecular formula is C12H8BNO4. The Morgan fingerprint density at radius 1 is 0.833 bits per heavy atom. The fraction of sp³-hybridized carbons (Fsp3) is 0.167. The molecule has 0 unspecified atom stereocenters. The molecular weight excluding hydrogens is 233 g/mol. The molecule has 1 aromatic carbocycles. The Labute approximate surface area is 103 Å². The van der Waals surface area contributed by atoms with Crippen molar-refractivity contribution >= 4 is 29.9 Å². The van der Waals surface area contributed by atoms with Gasteiger partial charge in [-0.1, -0.05) is 6.82 Å². The Hall–Kier alpha value is -2.24. The molecule has 0 bridgehead atoms. The van der Waals surface area contributed by atoms with Crippen molar-refractivity contribution in [2.24, 2.45) is 0 Å². The van der Waals surface area contributed by atoms with E-state index in [0.717, 1.165) is 4.90 Å². The number of hydrogen-bond acceptors (Lipinski definition) is 4. The lowest BCUT2D eigenvalue weighted by Gasteiger charge is -2.02. The summed E-state index contributed by atoms with van der Waals surface area (Å²) in [5.41, 5.74) is 0.346. The summed E-state index contributed by atoms with van der Waals surface area (Å²) in [6, 6.07) is 2.75. The van der Waals surface area contributed by atoms with Crippen molar-refractivity contribution in [1.29, 1.82) is 0 Å². The standard InChI is InChI=1S/C12H8BNO4/c1-13-9(15)5-3-7-8(4-6(5)10(13)16)12(18)14(2)11(7)17/h3-4H,1-2H3. The van der Waals surface area contributed by atoms with Crippen molar-refractivity contribution in [3.05, 3.63) is 34.4 Å². The Balaban J connectivity index is 2.30. The molecule has 0 aromatic heterocycles. The average Bonchev–Trinajstić information content (AvgIpc) is 2.71. The zero-order valence-corrected chi connectivity index (χ0v) is 9.81. The molecule has 2 aliphatic rings. The summed E-state index contributed by atoms with van der Waals surface area (Å²) in [6.45, 7) is 0.816. The van der Waals surface area contributed by atoms with Gasteiger partial charge in [-0.15, -0.1) is 0 Å². The molecule has 0 N–H and O–H groups in total. The molecule has 0 saturated carbocycles. The van der Waals surface area contributed by atoms with E-state index in [4.69, 9.17) is 0 Å². The van der Waals surface area contributed by atoms with Gasteiger partial charge in [-0.05, 0) is 12.1 Å². The number of carbonyl (C=O) groups excluding carboxylic acids is 4. The van der Waals surface area contributed by atoms with E-state index < -0.39 is 18.5 Å². The maximum atomic E-state index is 11.8. The summed E-state index contributed by atoms with van der Waals surface area (Å²) >= 11 is 0. The van der Waals surface area contributed by atoms with Gasteiger partial charge in [-0.25, -0.2) is 0 Å². The van der Waals surface area contributed by atoms with Gasteiger partial charge in [-0.3, -0.25) is 14.5 Å². The topological polar surface area (TPSA) is 71.5 Å². The maximum absolute atomic E-state index is 11.8. The van der Waals surface area contributed by atoms with Gasteiger partial charge in [0.05, 0.1) is 11.1 Å². The molecule has 18 heavy (non-hydrogen) atoms. The molecule has 6 heteroatoms. The first-order chi connectivity index (χ1) is 8.43. The molecule has 0 spiro atoms. The van der Waals surface area contributed by atoms with E-state index in [1.807, 2.05) is 0 Å².